The van der Waals surface area contributed by atoms with Crippen molar-refractivity contribution in [3.63, 3.8) is 0 Å². The van der Waals surface area contributed by atoms with Crippen LogP contribution in [0, 0.1) is 6.92 Å². The van der Waals surface area contributed by atoms with Crippen LogP contribution in [0.1, 0.15) is 24.4 Å². The van der Waals surface area contributed by atoms with Crippen LogP contribution in [0.4, 0.5) is 5.69 Å². The van der Waals surface area contributed by atoms with Crippen LogP contribution in [-0.4, -0.2) is 44.3 Å². The van der Waals surface area contributed by atoms with E-state index in [0.717, 1.165) is 18.9 Å². The molecule has 2 heterocycles. The molecule has 1 N–H and O–H groups in total. The lowest BCUT2D eigenvalue weighted by Gasteiger charge is -2.16. The van der Waals surface area contributed by atoms with Gasteiger partial charge in [-0.15, -0.1) is 0 Å². The maximum Gasteiger partial charge on any atom is 0.331 e. The van der Waals surface area contributed by atoms with E-state index in [4.69, 9.17) is 9.15 Å². The van der Waals surface area contributed by atoms with Crippen LogP contribution in [0.15, 0.2) is 51.8 Å². The molecule has 0 spiro atoms. The standard InChI is InChI=1S/C20H22N2O6S/c1-15-7-8-17(28-15)9-10-20(24)27-14-19(23)21-16-5-4-6-18(13-16)29(25,26)22-11-2-3-12-22/h4-10,13H,2-3,11-12,14H2,1H3,(H,21,23). The molecule has 0 unspecified atom stereocenters. The summed E-state index contributed by atoms with van der Waals surface area (Å²) in [4.78, 5) is 23.8. The smallest absolute Gasteiger partial charge is 0.331 e. The van der Waals surface area contributed by atoms with Crippen molar-refractivity contribution in [3.05, 3.63) is 54.0 Å². The number of nitrogens with one attached hydrogen (secondary N) is 1. The van der Waals surface area contributed by atoms with Crippen LogP contribution in [0.3, 0.4) is 0 Å². The normalized spacial score (nSPS) is 14.9. The highest BCUT2D eigenvalue weighted by molar-refractivity contribution is 7.89. The number of ether oxygens (including phenoxy) is 1. The zero-order chi connectivity index (χ0) is 20.9. The molecule has 0 aliphatic carbocycles. The van der Waals surface area contributed by atoms with Crippen molar-refractivity contribution in [3.8, 4) is 0 Å². The quantitative estimate of drug-likeness (QED) is 0.547. The molecule has 3 rings (SSSR count). The number of nitrogens with zero attached hydrogens (tertiary/aromatic N) is 1. The second-order valence-corrected chi connectivity index (χ2v) is 8.51. The number of benzene rings is 1. The predicted molar refractivity (Wildman–Crippen MR) is 107 cm³/mol. The fourth-order valence-corrected chi connectivity index (χ4v) is 4.45. The Balaban J connectivity index is 1.54. The number of carbonyl (C=O) groups excluding carboxylic acids is 2. The van der Waals surface area contributed by atoms with Crippen LogP contribution in [0.25, 0.3) is 6.08 Å². The first-order valence-electron chi connectivity index (χ1n) is 9.16. The summed E-state index contributed by atoms with van der Waals surface area (Å²) in [5, 5.41) is 2.54. The number of esters is 1. The molecule has 1 amide bonds. The number of anilines is 1. The zero-order valence-electron chi connectivity index (χ0n) is 16.0. The summed E-state index contributed by atoms with van der Waals surface area (Å²) in [6.07, 6.45) is 4.29. The number of hydrogen-bond donors (Lipinski definition) is 1. The Morgan fingerprint density at radius 3 is 2.66 bits per heavy atom. The minimum Gasteiger partial charge on any atom is -0.462 e. The van der Waals surface area contributed by atoms with Gasteiger partial charge < -0.3 is 14.5 Å². The Bertz CT molecular complexity index is 1020. The lowest BCUT2D eigenvalue weighted by atomic mass is 10.3. The van der Waals surface area contributed by atoms with E-state index in [-0.39, 0.29) is 4.90 Å². The number of sulfonamides is 1. The van der Waals surface area contributed by atoms with Crippen LogP contribution >= 0.6 is 0 Å². The molecular formula is C20H22N2O6S. The Labute approximate surface area is 169 Å². The monoisotopic (exact) mass is 418 g/mol. The van der Waals surface area contributed by atoms with Gasteiger partial charge >= 0.3 is 5.97 Å². The van der Waals surface area contributed by atoms with Gasteiger partial charge in [-0.25, -0.2) is 13.2 Å². The second kappa shape index (κ2) is 9.06. The first kappa shape index (κ1) is 20.8. The maximum atomic E-state index is 12.6. The largest absolute Gasteiger partial charge is 0.462 e. The van der Waals surface area contributed by atoms with Crippen molar-refractivity contribution in [2.45, 2.75) is 24.7 Å². The van der Waals surface area contributed by atoms with Gasteiger partial charge in [0.2, 0.25) is 10.0 Å². The summed E-state index contributed by atoms with van der Waals surface area (Å²) < 4.78 is 36.8. The number of rotatable bonds is 7. The van der Waals surface area contributed by atoms with Gasteiger partial charge in [-0.2, -0.15) is 4.31 Å². The third-order valence-corrected chi connectivity index (χ3v) is 6.21. The van der Waals surface area contributed by atoms with E-state index in [0.29, 0.717) is 30.3 Å². The second-order valence-electron chi connectivity index (χ2n) is 6.58. The van der Waals surface area contributed by atoms with E-state index in [1.165, 1.54) is 22.5 Å². The topological polar surface area (TPSA) is 106 Å². The van der Waals surface area contributed by atoms with Gasteiger partial charge in [-0.1, -0.05) is 6.07 Å². The van der Waals surface area contributed by atoms with Gasteiger partial charge in [-0.3, -0.25) is 4.79 Å². The number of hydrogen-bond acceptors (Lipinski definition) is 6. The highest BCUT2D eigenvalue weighted by atomic mass is 32.2. The van der Waals surface area contributed by atoms with Crippen molar-refractivity contribution in [2.75, 3.05) is 25.0 Å². The number of furan rings is 1. The van der Waals surface area contributed by atoms with Crippen LogP contribution in [-0.2, 0) is 24.3 Å². The third-order valence-electron chi connectivity index (χ3n) is 4.31. The van der Waals surface area contributed by atoms with Crippen LogP contribution in [0.5, 0.6) is 0 Å². The minimum atomic E-state index is -3.58. The molecule has 1 aromatic heterocycles. The Kier molecular flexibility index (Phi) is 6.50. The summed E-state index contributed by atoms with van der Waals surface area (Å²) in [5.41, 5.74) is 0.313. The van der Waals surface area contributed by atoms with Crippen molar-refractivity contribution < 1.29 is 27.2 Å². The summed E-state index contributed by atoms with van der Waals surface area (Å²) in [6, 6.07) is 9.48. The molecule has 1 aliphatic rings. The summed E-state index contributed by atoms with van der Waals surface area (Å²) >= 11 is 0. The summed E-state index contributed by atoms with van der Waals surface area (Å²) in [7, 11) is -3.58. The van der Waals surface area contributed by atoms with Gasteiger partial charge in [0.15, 0.2) is 6.61 Å². The summed E-state index contributed by atoms with van der Waals surface area (Å²) in [5.74, 6) is -0.0535. The fourth-order valence-electron chi connectivity index (χ4n) is 2.89. The molecule has 1 aliphatic heterocycles. The molecule has 0 bridgehead atoms. The third kappa shape index (κ3) is 5.55. The van der Waals surface area contributed by atoms with Gasteiger partial charge in [0.25, 0.3) is 5.91 Å². The van der Waals surface area contributed by atoms with E-state index in [1.807, 2.05) is 0 Å². The van der Waals surface area contributed by atoms with Gasteiger partial charge in [-0.05, 0) is 56.2 Å². The van der Waals surface area contributed by atoms with Crippen molar-refractivity contribution in [1.82, 2.24) is 4.31 Å². The molecule has 1 saturated heterocycles. The van der Waals surface area contributed by atoms with Crippen LogP contribution in [0.2, 0.25) is 0 Å². The zero-order valence-corrected chi connectivity index (χ0v) is 16.8. The SMILES string of the molecule is Cc1ccc(C=CC(=O)OCC(=O)Nc2cccc(S(=O)(=O)N3CCCC3)c2)o1. The fraction of sp³-hybridized carbons (Fsp3) is 0.300. The molecule has 1 aromatic carbocycles. The molecule has 0 radical (unpaired) electrons. The minimum absolute atomic E-state index is 0.117. The summed E-state index contributed by atoms with van der Waals surface area (Å²) in [6.45, 7) is 2.29. The van der Waals surface area contributed by atoms with E-state index < -0.39 is 28.5 Å². The predicted octanol–water partition coefficient (Wildman–Crippen LogP) is 2.57. The maximum absolute atomic E-state index is 12.6. The van der Waals surface area contributed by atoms with Crippen LogP contribution < -0.4 is 5.32 Å². The Morgan fingerprint density at radius 1 is 1.21 bits per heavy atom. The van der Waals surface area contributed by atoms with Crippen molar-refractivity contribution in [2.24, 2.45) is 0 Å². The molecule has 1 fully saturated rings. The Hall–Kier alpha value is -2.91. The average Bonchev–Trinajstić information content (AvgIpc) is 3.37. The van der Waals surface area contributed by atoms with E-state index in [1.54, 1.807) is 31.2 Å². The van der Waals surface area contributed by atoms with Gasteiger partial charge in [0.05, 0.1) is 4.90 Å². The number of aryl methyl sites for hydroxylation is 1. The van der Waals surface area contributed by atoms with E-state index in [2.05, 4.69) is 5.32 Å². The van der Waals surface area contributed by atoms with Crippen molar-refractivity contribution >= 4 is 33.7 Å². The lowest BCUT2D eigenvalue weighted by Crippen LogP contribution is -2.28. The van der Waals surface area contributed by atoms with Gasteiger partial charge in [0, 0.05) is 24.9 Å². The van der Waals surface area contributed by atoms with Crippen molar-refractivity contribution in [1.29, 1.82) is 0 Å². The highest BCUT2D eigenvalue weighted by Crippen LogP contribution is 2.23. The molecule has 8 nitrogen and oxygen atoms in total. The number of amides is 1. The van der Waals surface area contributed by atoms with E-state index in [9.17, 15) is 18.0 Å². The average molecular weight is 418 g/mol. The molecule has 2 aromatic rings. The number of carbonyl (C=O) groups is 2. The first-order chi connectivity index (χ1) is 13.8. The molecular weight excluding hydrogens is 396 g/mol. The Morgan fingerprint density at radius 2 is 1.97 bits per heavy atom. The molecule has 0 atom stereocenters. The first-order valence-corrected chi connectivity index (χ1v) is 10.6. The van der Waals surface area contributed by atoms with E-state index >= 15 is 0 Å². The molecule has 154 valence electrons. The highest BCUT2D eigenvalue weighted by Gasteiger charge is 2.27. The lowest BCUT2D eigenvalue weighted by molar-refractivity contribution is -0.142. The molecule has 0 saturated carbocycles. The van der Waals surface area contributed by atoms with Gasteiger partial charge in [0.1, 0.15) is 11.5 Å². The molecule has 29 heavy (non-hydrogen) atoms. The molecule has 9 heteroatoms.